The van der Waals surface area contributed by atoms with E-state index in [9.17, 15) is 4.79 Å². The van der Waals surface area contributed by atoms with Gasteiger partial charge in [-0.2, -0.15) is 0 Å². The lowest BCUT2D eigenvalue weighted by molar-refractivity contribution is -0.122. The Labute approximate surface area is 114 Å². The highest BCUT2D eigenvalue weighted by molar-refractivity contribution is 9.09. The third-order valence-electron chi connectivity index (χ3n) is 3.82. The molecule has 0 aliphatic heterocycles. The second-order valence-electron chi connectivity index (χ2n) is 5.62. The standard InChI is InChI=1S/C14H26BrNO/c1-11(2)13(10-15)16-14(17)9-8-12-6-4-3-5-7-12/h11-13H,3-10H2,1-2H3,(H,16,17). The van der Waals surface area contributed by atoms with E-state index < -0.39 is 0 Å². The normalized spacial score (nSPS) is 19.3. The first-order valence-corrected chi connectivity index (χ1v) is 8.11. The smallest absolute Gasteiger partial charge is 0.220 e. The fraction of sp³-hybridized carbons (Fsp3) is 0.929. The molecule has 0 bridgehead atoms. The molecule has 1 N–H and O–H groups in total. The lowest BCUT2D eigenvalue weighted by Gasteiger charge is -2.23. The Morgan fingerprint density at radius 1 is 1.29 bits per heavy atom. The Bertz CT molecular complexity index is 224. The van der Waals surface area contributed by atoms with Gasteiger partial charge in [0, 0.05) is 17.8 Å². The Balaban J connectivity index is 2.19. The van der Waals surface area contributed by atoms with Gasteiger partial charge in [-0.15, -0.1) is 0 Å². The van der Waals surface area contributed by atoms with Crippen molar-refractivity contribution < 1.29 is 4.79 Å². The summed E-state index contributed by atoms with van der Waals surface area (Å²) in [5, 5.41) is 3.97. The van der Waals surface area contributed by atoms with Crippen LogP contribution in [0.1, 0.15) is 58.8 Å². The summed E-state index contributed by atoms with van der Waals surface area (Å²) in [5.74, 6) is 1.53. The van der Waals surface area contributed by atoms with Crippen LogP contribution in [0, 0.1) is 11.8 Å². The van der Waals surface area contributed by atoms with Crippen molar-refractivity contribution in [2.24, 2.45) is 11.8 Å². The van der Waals surface area contributed by atoms with Crippen LogP contribution in [0.5, 0.6) is 0 Å². The molecule has 1 aliphatic carbocycles. The zero-order chi connectivity index (χ0) is 12.7. The molecule has 1 unspecified atom stereocenters. The monoisotopic (exact) mass is 303 g/mol. The molecule has 17 heavy (non-hydrogen) atoms. The number of carbonyl (C=O) groups excluding carboxylic acids is 1. The molecule has 2 nitrogen and oxygen atoms in total. The molecule has 1 saturated carbocycles. The van der Waals surface area contributed by atoms with Gasteiger partial charge in [-0.25, -0.2) is 0 Å². The highest BCUT2D eigenvalue weighted by Crippen LogP contribution is 2.27. The minimum Gasteiger partial charge on any atom is -0.352 e. The van der Waals surface area contributed by atoms with E-state index in [0.717, 1.165) is 17.7 Å². The van der Waals surface area contributed by atoms with Gasteiger partial charge in [0.15, 0.2) is 0 Å². The Morgan fingerprint density at radius 3 is 2.47 bits per heavy atom. The van der Waals surface area contributed by atoms with Crippen LogP contribution in [0.25, 0.3) is 0 Å². The molecule has 100 valence electrons. The average Bonchev–Trinajstić information content (AvgIpc) is 2.34. The van der Waals surface area contributed by atoms with Gasteiger partial charge in [-0.1, -0.05) is 61.9 Å². The van der Waals surface area contributed by atoms with Crippen molar-refractivity contribution in [3.63, 3.8) is 0 Å². The SMILES string of the molecule is CC(C)C(CBr)NC(=O)CCC1CCCCC1. The Hall–Kier alpha value is -0.0500. The third-order valence-corrected chi connectivity index (χ3v) is 4.52. The highest BCUT2D eigenvalue weighted by atomic mass is 79.9. The molecule has 0 spiro atoms. The summed E-state index contributed by atoms with van der Waals surface area (Å²) < 4.78 is 0. The summed E-state index contributed by atoms with van der Waals surface area (Å²) in [6.45, 7) is 4.29. The fourth-order valence-corrected chi connectivity index (χ4v) is 3.38. The lowest BCUT2D eigenvalue weighted by Crippen LogP contribution is -2.39. The van der Waals surface area contributed by atoms with Gasteiger partial charge in [0.2, 0.25) is 5.91 Å². The minimum atomic E-state index is 0.230. The number of carbonyl (C=O) groups is 1. The van der Waals surface area contributed by atoms with Gasteiger partial charge >= 0.3 is 0 Å². The second-order valence-corrected chi connectivity index (χ2v) is 6.26. The van der Waals surface area contributed by atoms with Gasteiger partial charge < -0.3 is 5.32 Å². The third kappa shape index (κ3) is 5.89. The van der Waals surface area contributed by atoms with Crippen LogP contribution in [-0.4, -0.2) is 17.3 Å². The van der Waals surface area contributed by atoms with Gasteiger partial charge in [0.1, 0.15) is 0 Å². The molecule has 1 atom stereocenters. The van der Waals surface area contributed by atoms with Crippen molar-refractivity contribution in [3.8, 4) is 0 Å². The summed E-state index contributed by atoms with van der Waals surface area (Å²) in [5.41, 5.74) is 0. The van der Waals surface area contributed by atoms with E-state index in [4.69, 9.17) is 0 Å². The molecule has 1 aliphatic rings. The maximum absolute atomic E-state index is 11.8. The maximum Gasteiger partial charge on any atom is 0.220 e. The quantitative estimate of drug-likeness (QED) is 0.741. The van der Waals surface area contributed by atoms with E-state index in [0.29, 0.717) is 12.3 Å². The molecule has 0 radical (unpaired) electrons. The van der Waals surface area contributed by atoms with Gasteiger partial charge in [-0.3, -0.25) is 4.79 Å². The van der Waals surface area contributed by atoms with E-state index in [1.54, 1.807) is 0 Å². The first kappa shape index (κ1) is 15.0. The zero-order valence-corrected chi connectivity index (χ0v) is 12.8. The zero-order valence-electron chi connectivity index (χ0n) is 11.2. The largest absolute Gasteiger partial charge is 0.352 e. The summed E-state index contributed by atoms with van der Waals surface area (Å²) in [6.07, 6.45) is 8.57. The maximum atomic E-state index is 11.8. The predicted molar refractivity (Wildman–Crippen MR) is 76.4 cm³/mol. The highest BCUT2D eigenvalue weighted by Gasteiger charge is 2.17. The van der Waals surface area contributed by atoms with Crippen LogP contribution in [0.4, 0.5) is 0 Å². The number of hydrogen-bond acceptors (Lipinski definition) is 1. The molecule has 1 amide bonds. The molecule has 0 aromatic heterocycles. The molecule has 0 heterocycles. The summed E-state index contributed by atoms with van der Waals surface area (Å²) in [6, 6.07) is 0.272. The average molecular weight is 304 g/mol. The van der Waals surface area contributed by atoms with Gasteiger partial charge in [0.05, 0.1) is 0 Å². The van der Waals surface area contributed by atoms with E-state index in [1.807, 2.05) is 0 Å². The molecular weight excluding hydrogens is 278 g/mol. The van der Waals surface area contributed by atoms with Crippen molar-refractivity contribution in [2.45, 2.75) is 64.8 Å². The Kier molecular flexibility index (Phi) is 7.17. The van der Waals surface area contributed by atoms with Crippen LogP contribution < -0.4 is 5.32 Å². The van der Waals surface area contributed by atoms with Gasteiger partial charge in [0.25, 0.3) is 0 Å². The number of alkyl halides is 1. The molecule has 0 aromatic carbocycles. The molecule has 0 saturated heterocycles. The van der Waals surface area contributed by atoms with Crippen LogP contribution in [-0.2, 0) is 4.79 Å². The fourth-order valence-electron chi connectivity index (χ4n) is 2.47. The summed E-state index contributed by atoms with van der Waals surface area (Å²) >= 11 is 3.46. The van der Waals surface area contributed by atoms with Crippen molar-refractivity contribution in [2.75, 3.05) is 5.33 Å². The van der Waals surface area contributed by atoms with Crippen LogP contribution in [0.3, 0.4) is 0 Å². The Morgan fingerprint density at radius 2 is 1.94 bits per heavy atom. The predicted octanol–water partition coefficient (Wildman–Crippen LogP) is 3.88. The second kappa shape index (κ2) is 8.12. The van der Waals surface area contributed by atoms with Crippen LogP contribution in [0.15, 0.2) is 0 Å². The van der Waals surface area contributed by atoms with Crippen LogP contribution in [0.2, 0.25) is 0 Å². The van der Waals surface area contributed by atoms with Crippen LogP contribution >= 0.6 is 15.9 Å². The van der Waals surface area contributed by atoms with Crippen molar-refractivity contribution in [3.05, 3.63) is 0 Å². The topological polar surface area (TPSA) is 29.1 Å². The molecule has 0 aromatic rings. The van der Waals surface area contributed by atoms with E-state index in [1.165, 1.54) is 32.1 Å². The first-order valence-electron chi connectivity index (χ1n) is 6.98. The van der Waals surface area contributed by atoms with Crippen molar-refractivity contribution in [1.29, 1.82) is 0 Å². The summed E-state index contributed by atoms with van der Waals surface area (Å²) in [4.78, 5) is 11.8. The van der Waals surface area contributed by atoms with Gasteiger partial charge in [-0.05, 0) is 18.3 Å². The lowest BCUT2D eigenvalue weighted by atomic mass is 9.86. The van der Waals surface area contributed by atoms with Crippen molar-refractivity contribution in [1.82, 2.24) is 5.32 Å². The molecule has 1 fully saturated rings. The van der Waals surface area contributed by atoms with E-state index >= 15 is 0 Å². The summed E-state index contributed by atoms with van der Waals surface area (Å²) in [7, 11) is 0. The molecule has 3 heteroatoms. The van der Waals surface area contributed by atoms with E-state index in [2.05, 4.69) is 35.1 Å². The number of rotatable bonds is 6. The number of amides is 1. The number of nitrogens with one attached hydrogen (secondary N) is 1. The minimum absolute atomic E-state index is 0.230. The van der Waals surface area contributed by atoms with Crippen molar-refractivity contribution >= 4 is 21.8 Å². The molecular formula is C14H26BrNO. The molecule has 1 rings (SSSR count). The number of hydrogen-bond donors (Lipinski definition) is 1. The van der Waals surface area contributed by atoms with E-state index in [-0.39, 0.29) is 11.9 Å². The number of halogens is 1. The first-order chi connectivity index (χ1) is 8.13.